The van der Waals surface area contributed by atoms with Crippen molar-refractivity contribution in [1.82, 2.24) is 0 Å². The van der Waals surface area contributed by atoms with Gasteiger partial charge in [0.05, 0.1) is 0 Å². The van der Waals surface area contributed by atoms with Crippen molar-refractivity contribution >= 4 is 18.9 Å². The average molecular weight is 251 g/mol. The van der Waals surface area contributed by atoms with Gasteiger partial charge in [0.15, 0.2) is 0 Å². The Labute approximate surface area is 115 Å². The van der Waals surface area contributed by atoms with Crippen LogP contribution < -0.4 is 10.4 Å². The summed E-state index contributed by atoms with van der Waals surface area (Å²) < 4.78 is 0. The molecule has 18 heavy (non-hydrogen) atoms. The van der Waals surface area contributed by atoms with E-state index in [-0.39, 0.29) is 0 Å². The number of rotatable bonds is 0. The van der Waals surface area contributed by atoms with Crippen LogP contribution in [0.4, 0.5) is 0 Å². The smallest absolute Gasteiger partial charge is 0.00788 e. The summed E-state index contributed by atoms with van der Waals surface area (Å²) in [7, 11) is 0. The quantitative estimate of drug-likeness (QED) is 0.650. The van der Waals surface area contributed by atoms with E-state index in [9.17, 15) is 0 Å². The molecule has 1 N–H and O–H groups in total. The van der Waals surface area contributed by atoms with Gasteiger partial charge in [-0.05, 0) is 30.5 Å². The van der Waals surface area contributed by atoms with Gasteiger partial charge in [-0.15, -0.1) is 0 Å². The van der Waals surface area contributed by atoms with Crippen LogP contribution >= 0.6 is 0 Å². The summed E-state index contributed by atoms with van der Waals surface area (Å²) in [6, 6.07) is 8.08. The number of nitrogens with one attached hydrogen (secondary N) is 1. The molecule has 0 amide bonds. The molecule has 0 heterocycles. The molecule has 106 valence electrons. The zero-order valence-electron chi connectivity index (χ0n) is 13.7. The molecule has 0 aliphatic rings. The van der Waals surface area contributed by atoms with Crippen molar-refractivity contribution in [3.63, 3.8) is 0 Å². The molecule has 0 radical (unpaired) electrons. The van der Waals surface area contributed by atoms with Gasteiger partial charge in [-0.25, -0.2) is 0 Å². The van der Waals surface area contributed by atoms with Crippen molar-refractivity contribution in [3.05, 3.63) is 34.7 Å². The Bertz CT molecular complexity index is 326. The maximum atomic E-state index is 6.08. The SMILES string of the molecule is C=c1cccc/c1=C/C.CC.CC.CC.CC=N. The monoisotopic (exact) mass is 251 g/mol. The van der Waals surface area contributed by atoms with E-state index in [1.165, 1.54) is 11.4 Å². The zero-order valence-corrected chi connectivity index (χ0v) is 13.7. The van der Waals surface area contributed by atoms with Crippen LogP contribution in [0.3, 0.4) is 0 Å². The van der Waals surface area contributed by atoms with Crippen LogP contribution in [0.2, 0.25) is 0 Å². The second-order valence-electron chi connectivity index (χ2n) is 2.28. The molecule has 0 spiro atoms. The first kappa shape index (κ1) is 25.5. The van der Waals surface area contributed by atoms with Crippen molar-refractivity contribution in [3.8, 4) is 0 Å². The highest BCUT2D eigenvalue weighted by atomic mass is 14.3. The van der Waals surface area contributed by atoms with Crippen molar-refractivity contribution in [2.75, 3.05) is 0 Å². The third-order valence-electron chi connectivity index (χ3n) is 1.37. The van der Waals surface area contributed by atoms with Crippen molar-refractivity contribution in [2.24, 2.45) is 0 Å². The van der Waals surface area contributed by atoms with E-state index >= 15 is 0 Å². The Hall–Kier alpha value is -1.37. The average Bonchev–Trinajstić information content (AvgIpc) is 2.47. The van der Waals surface area contributed by atoms with Gasteiger partial charge in [0.2, 0.25) is 0 Å². The molecule has 1 nitrogen and oxygen atoms in total. The Morgan fingerprint density at radius 2 is 1.22 bits per heavy atom. The maximum absolute atomic E-state index is 6.08. The van der Waals surface area contributed by atoms with E-state index in [1.54, 1.807) is 6.92 Å². The Morgan fingerprint density at radius 1 is 0.889 bits per heavy atom. The predicted octanol–water partition coefficient (Wildman–Crippen LogP) is 4.63. The minimum Gasteiger partial charge on any atom is -0.313 e. The first-order valence-electron chi connectivity index (χ1n) is 6.91. The summed E-state index contributed by atoms with van der Waals surface area (Å²) in [6.45, 7) is 19.5. The summed E-state index contributed by atoms with van der Waals surface area (Å²) in [5.74, 6) is 0. The lowest BCUT2D eigenvalue weighted by Gasteiger charge is -1.82. The third-order valence-corrected chi connectivity index (χ3v) is 1.37. The van der Waals surface area contributed by atoms with Crippen molar-refractivity contribution in [1.29, 1.82) is 5.41 Å². The van der Waals surface area contributed by atoms with E-state index in [0.29, 0.717) is 0 Å². The van der Waals surface area contributed by atoms with Gasteiger partial charge in [-0.2, -0.15) is 0 Å². The van der Waals surface area contributed by atoms with Gasteiger partial charge in [-0.3, -0.25) is 0 Å². The van der Waals surface area contributed by atoms with Gasteiger partial charge < -0.3 is 5.41 Å². The van der Waals surface area contributed by atoms with Crippen LogP contribution in [0, 0.1) is 5.41 Å². The second-order valence-corrected chi connectivity index (χ2v) is 2.28. The normalized spacial score (nSPS) is 7.67. The molecule has 0 bridgehead atoms. The van der Waals surface area contributed by atoms with E-state index < -0.39 is 0 Å². The van der Waals surface area contributed by atoms with Crippen LogP contribution in [0.1, 0.15) is 55.4 Å². The van der Waals surface area contributed by atoms with Crippen LogP contribution in [0.15, 0.2) is 24.3 Å². The van der Waals surface area contributed by atoms with Crippen LogP contribution in [-0.2, 0) is 0 Å². The van der Waals surface area contributed by atoms with Crippen molar-refractivity contribution < 1.29 is 0 Å². The summed E-state index contributed by atoms with van der Waals surface area (Å²) in [5.41, 5.74) is 0. The Morgan fingerprint density at radius 3 is 1.44 bits per heavy atom. The molecule has 0 aliphatic heterocycles. The van der Waals surface area contributed by atoms with Crippen LogP contribution in [0.5, 0.6) is 0 Å². The molecule has 0 aliphatic carbocycles. The van der Waals surface area contributed by atoms with E-state index in [4.69, 9.17) is 5.41 Å². The topological polar surface area (TPSA) is 23.9 Å². The zero-order chi connectivity index (χ0) is 15.4. The highest BCUT2D eigenvalue weighted by Crippen LogP contribution is 1.68. The third kappa shape index (κ3) is 20.1. The van der Waals surface area contributed by atoms with E-state index in [2.05, 4.69) is 18.7 Å². The van der Waals surface area contributed by atoms with Crippen molar-refractivity contribution in [2.45, 2.75) is 55.4 Å². The molecule has 1 heteroatoms. The summed E-state index contributed by atoms with van der Waals surface area (Å²) in [6.07, 6.45) is 3.31. The summed E-state index contributed by atoms with van der Waals surface area (Å²) in [4.78, 5) is 0. The molecule has 1 aromatic carbocycles. The fraction of sp³-hybridized carbons (Fsp3) is 0.471. The molecule has 0 saturated heterocycles. The number of hydrogen-bond acceptors (Lipinski definition) is 1. The first-order valence-corrected chi connectivity index (χ1v) is 6.91. The second kappa shape index (κ2) is 29.6. The molecule has 0 aromatic heterocycles. The molecule has 1 rings (SSSR count). The lowest BCUT2D eigenvalue weighted by atomic mass is 10.2. The molecule has 1 aromatic rings. The number of hydrogen-bond donors (Lipinski definition) is 1. The van der Waals surface area contributed by atoms with Gasteiger partial charge in [0.25, 0.3) is 0 Å². The molecule has 0 saturated carbocycles. The molecule has 0 atom stereocenters. The fourth-order valence-electron chi connectivity index (χ4n) is 0.816. The van der Waals surface area contributed by atoms with E-state index in [1.807, 2.05) is 66.7 Å². The number of benzene rings is 1. The lowest BCUT2D eigenvalue weighted by molar-refractivity contribution is 1.50. The molecular weight excluding hydrogens is 218 g/mol. The molecule has 0 unspecified atom stereocenters. The summed E-state index contributed by atoms with van der Waals surface area (Å²) in [5, 5.41) is 8.40. The Balaban J connectivity index is -0.0000000925. The van der Waals surface area contributed by atoms with Gasteiger partial charge in [-0.1, -0.05) is 78.5 Å². The standard InChI is InChI=1S/C9H10.C2H5N.3C2H6/c1-3-9-7-5-4-6-8(9)2;1-2-3;3*1-2/h3-7H,2H2,1H3;2-3H,1H3;3*1-2H3/b9-3-;;;;. The van der Waals surface area contributed by atoms with Crippen LogP contribution in [0.25, 0.3) is 12.7 Å². The van der Waals surface area contributed by atoms with Gasteiger partial charge in [0.1, 0.15) is 0 Å². The lowest BCUT2D eigenvalue weighted by Crippen LogP contribution is -2.20. The first-order chi connectivity index (χ1) is 8.76. The van der Waals surface area contributed by atoms with E-state index in [0.717, 1.165) is 5.22 Å². The fourth-order valence-corrected chi connectivity index (χ4v) is 0.816. The highest BCUT2D eigenvalue weighted by Gasteiger charge is 1.74. The Kier molecular flexibility index (Phi) is 41.9. The van der Waals surface area contributed by atoms with Crippen LogP contribution in [-0.4, -0.2) is 6.21 Å². The van der Waals surface area contributed by atoms with Gasteiger partial charge >= 0.3 is 0 Å². The summed E-state index contributed by atoms with van der Waals surface area (Å²) >= 11 is 0. The predicted molar refractivity (Wildman–Crippen MR) is 89.9 cm³/mol. The minimum absolute atomic E-state index is 1.10. The maximum Gasteiger partial charge on any atom is -0.00788 e. The van der Waals surface area contributed by atoms with Gasteiger partial charge in [0, 0.05) is 0 Å². The largest absolute Gasteiger partial charge is 0.313 e. The molecule has 0 fully saturated rings. The highest BCUT2D eigenvalue weighted by molar-refractivity contribution is 5.48. The minimum atomic E-state index is 1.10. The molecular formula is C17H33N.